The second kappa shape index (κ2) is 7.06. The molecule has 0 fully saturated rings. The van der Waals surface area contributed by atoms with E-state index in [2.05, 4.69) is 10.0 Å². The van der Waals surface area contributed by atoms with Crippen molar-refractivity contribution in [2.75, 3.05) is 0 Å². The summed E-state index contributed by atoms with van der Waals surface area (Å²) in [5, 5.41) is 3.18. The maximum absolute atomic E-state index is 12.1. The molecule has 0 unspecified atom stereocenters. The second-order valence-corrected chi connectivity index (χ2v) is 6.77. The molecule has 0 saturated heterocycles. The SMILES string of the molecule is CC[C@H](C)NC(=O)[C@@H](C)NS(=O)(=O)c1ccc(Cl)cc1. The smallest absolute Gasteiger partial charge is 0.241 e. The molecule has 7 heteroatoms. The fourth-order valence-electron chi connectivity index (χ4n) is 1.44. The third kappa shape index (κ3) is 4.77. The summed E-state index contributed by atoms with van der Waals surface area (Å²) in [7, 11) is -3.73. The Morgan fingerprint density at radius 1 is 1.25 bits per heavy atom. The molecule has 2 atom stereocenters. The Kier molecular flexibility index (Phi) is 5.98. The first-order valence-electron chi connectivity index (χ1n) is 6.34. The van der Waals surface area contributed by atoms with Crippen molar-refractivity contribution in [3.05, 3.63) is 29.3 Å². The largest absolute Gasteiger partial charge is 0.352 e. The summed E-state index contributed by atoms with van der Waals surface area (Å²) in [4.78, 5) is 11.9. The monoisotopic (exact) mass is 318 g/mol. The zero-order valence-corrected chi connectivity index (χ0v) is 13.3. The Balaban J connectivity index is 2.75. The van der Waals surface area contributed by atoms with Crippen molar-refractivity contribution in [1.82, 2.24) is 10.0 Å². The van der Waals surface area contributed by atoms with Gasteiger partial charge in [0.2, 0.25) is 15.9 Å². The van der Waals surface area contributed by atoms with Gasteiger partial charge in [0.15, 0.2) is 0 Å². The van der Waals surface area contributed by atoms with Crippen LogP contribution in [0, 0.1) is 0 Å². The van der Waals surface area contributed by atoms with Crippen LogP contribution in [0.3, 0.4) is 0 Å². The number of rotatable bonds is 6. The first-order valence-corrected chi connectivity index (χ1v) is 8.20. The number of carbonyl (C=O) groups excluding carboxylic acids is 1. The molecule has 1 amide bonds. The number of hydrogen-bond donors (Lipinski definition) is 2. The van der Waals surface area contributed by atoms with Crippen LogP contribution in [0.5, 0.6) is 0 Å². The van der Waals surface area contributed by atoms with Gasteiger partial charge in [0.05, 0.1) is 10.9 Å². The summed E-state index contributed by atoms with van der Waals surface area (Å²) in [6.07, 6.45) is 0.780. The molecule has 0 aliphatic heterocycles. The van der Waals surface area contributed by atoms with Crippen molar-refractivity contribution in [3.63, 3.8) is 0 Å². The lowest BCUT2D eigenvalue weighted by Crippen LogP contribution is -2.47. The lowest BCUT2D eigenvalue weighted by molar-refractivity contribution is -0.122. The van der Waals surface area contributed by atoms with E-state index in [0.717, 1.165) is 6.42 Å². The first kappa shape index (κ1) is 16.9. The molecule has 0 heterocycles. The highest BCUT2D eigenvalue weighted by Gasteiger charge is 2.22. The lowest BCUT2D eigenvalue weighted by atomic mass is 10.2. The van der Waals surface area contributed by atoms with Gasteiger partial charge in [-0.15, -0.1) is 0 Å². The molecule has 1 rings (SSSR count). The molecule has 5 nitrogen and oxygen atoms in total. The molecular weight excluding hydrogens is 300 g/mol. The number of nitrogens with one attached hydrogen (secondary N) is 2. The molecule has 1 aromatic carbocycles. The number of halogens is 1. The summed E-state index contributed by atoms with van der Waals surface area (Å²) < 4.78 is 26.5. The van der Waals surface area contributed by atoms with Crippen molar-refractivity contribution < 1.29 is 13.2 Å². The normalized spacial score (nSPS) is 14.6. The van der Waals surface area contributed by atoms with E-state index in [9.17, 15) is 13.2 Å². The topological polar surface area (TPSA) is 75.3 Å². The molecular formula is C13H19ClN2O3S. The summed E-state index contributed by atoms with van der Waals surface area (Å²) in [6.45, 7) is 5.30. The van der Waals surface area contributed by atoms with E-state index in [1.807, 2.05) is 13.8 Å². The Hall–Kier alpha value is -1.11. The first-order chi connectivity index (χ1) is 9.26. The fourth-order valence-corrected chi connectivity index (χ4v) is 2.77. The van der Waals surface area contributed by atoms with Gasteiger partial charge in [0.1, 0.15) is 0 Å². The van der Waals surface area contributed by atoms with Gasteiger partial charge in [-0.3, -0.25) is 4.79 Å². The average molecular weight is 319 g/mol. The van der Waals surface area contributed by atoms with Crippen molar-refractivity contribution in [2.45, 2.75) is 44.2 Å². The quantitative estimate of drug-likeness (QED) is 0.841. The van der Waals surface area contributed by atoms with Crippen LogP contribution in [0.4, 0.5) is 0 Å². The van der Waals surface area contributed by atoms with Gasteiger partial charge in [-0.1, -0.05) is 18.5 Å². The third-order valence-electron chi connectivity index (χ3n) is 2.85. The molecule has 0 spiro atoms. The summed E-state index contributed by atoms with van der Waals surface area (Å²) >= 11 is 5.71. The van der Waals surface area contributed by atoms with Gasteiger partial charge in [-0.25, -0.2) is 8.42 Å². The zero-order valence-electron chi connectivity index (χ0n) is 11.7. The Bertz CT molecular complexity index is 557. The number of carbonyl (C=O) groups is 1. The summed E-state index contributed by atoms with van der Waals surface area (Å²) in [6, 6.07) is 4.92. The second-order valence-electron chi connectivity index (χ2n) is 4.61. The molecule has 112 valence electrons. The minimum absolute atomic E-state index is 0.00462. The zero-order chi connectivity index (χ0) is 15.3. The van der Waals surface area contributed by atoms with Crippen LogP contribution in [0.25, 0.3) is 0 Å². The summed E-state index contributed by atoms with van der Waals surface area (Å²) in [5.41, 5.74) is 0. The molecule has 0 aliphatic carbocycles. The highest BCUT2D eigenvalue weighted by Crippen LogP contribution is 2.14. The maximum atomic E-state index is 12.1. The fraction of sp³-hybridized carbons (Fsp3) is 0.462. The molecule has 2 N–H and O–H groups in total. The van der Waals surface area contributed by atoms with E-state index < -0.39 is 16.1 Å². The maximum Gasteiger partial charge on any atom is 0.241 e. The number of sulfonamides is 1. The number of hydrogen-bond acceptors (Lipinski definition) is 3. The van der Waals surface area contributed by atoms with Crippen molar-refractivity contribution >= 4 is 27.5 Å². The van der Waals surface area contributed by atoms with Gasteiger partial charge in [-0.05, 0) is 44.5 Å². The predicted octanol–water partition coefficient (Wildman–Crippen LogP) is 1.92. The number of benzene rings is 1. The highest BCUT2D eigenvalue weighted by molar-refractivity contribution is 7.89. The molecule has 0 saturated carbocycles. The van der Waals surface area contributed by atoms with Crippen LogP contribution in [0.15, 0.2) is 29.2 Å². The van der Waals surface area contributed by atoms with Gasteiger partial charge in [0.25, 0.3) is 0 Å². The molecule has 0 radical (unpaired) electrons. The third-order valence-corrected chi connectivity index (χ3v) is 4.66. The molecule has 1 aromatic rings. The van der Waals surface area contributed by atoms with Crippen molar-refractivity contribution in [3.8, 4) is 0 Å². The van der Waals surface area contributed by atoms with E-state index in [4.69, 9.17) is 11.6 Å². The van der Waals surface area contributed by atoms with Crippen molar-refractivity contribution in [1.29, 1.82) is 0 Å². The van der Waals surface area contributed by atoms with Crippen LogP contribution < -0.4 is 10.0 Å². The predicted molar refractivity (Wildman–Crippen MR) is 79.1 cm³/mol. The Labute approximate surface area is 124 Å². The Morgan fingerprint density at radius 2 is 1.80 bits per heavy atom. The van der Waals surface area contributed by atoms with E-state index in [1.54, 1.807) is 0 Å². The molecule has 0 aliphatic rings. The molecule has 0 bridgehead atoms. The van der Waals surface area contributed by atoms with Gasteiger partial charge >= 0.3 is 0 Å². The molecule has 0 aromatic heterocycles. The van der Waals surface area contributed by atoms with Crippen LogP contribution in [0.2, 0.25) is 5.02 Å². The van der Waals surface area contributed by atoms with Gasteiger partial charge < -0.3 is 5.32 Å². The minimum Gasteiger partial charge on any atom is -0.352 e. The van der Waals surface area contributed by atoms with Crippen LogP contribution >= 0.6 is 11.6 Å². The summed E-state index contributed by atoms with van der Waals surface area (Å²) in [5.74, 6) is -0.350. The van der Waals surface area contributed by atoms with Crippen LogP contribution in [-0.4, -0.2) is 26.4 Å². The van der Waals surface area contributed by atoms with E-state index >= 15 is 0 Å². The van der Waals surface area contributed by atoms with E-state index in [0.29, 0.717) is 5.02 Å². The minimum atomic E-state index is -3.73. The van der Waals surface area contributed by atoms with E-state index in [1.165, 1.54) is 31.2 Å². The van der Waals surface area contributed by atoms with Crippen LogP contribution in [-0.2, 0) is 14.8 Å². The number of amides is 1. The van der Waals surface area contributed by atoms with Gasteiger partial charge in [0, 0.05) is 11.1 Å². The van der Waals surface area contributed by atoms with Gasteiger partial charge in [-0.2, -0.15) is 4.72 Å². The van der Waals surface area contributed by atoms with Crippen LogP contribution in [0.1, 0.15) is 27.2 Å². The Morgan fingerprint density at radius 3 is 2.30 bits per heavy atom. The lowest BCUT2D eigenvalue weighted by Gasteiger charge is -2.17. The van der Waals surface area contributed by atoms with E-state index in [-0.39, 0.29) is 16.8 Å². The average Bonchev–Trinajstić information content (AvgIpc) is 2.38. The highest BCUT2D eigenvalue weighted by atomic mass is 35.5. The standard InChI is InChI=1S/C13H19ClN2O3S/c1-4-9(2)15-13(17)10(3)16-20(18,19)12-7-5-11(14)6-8-12/h5-10,16H,4H2,1-3H3,(H,15,17)/t9-,10+/m0/s1. The van der Waals surface area contributed by atoms with Crippen molar-refractivity contribution in [2.24, 2.45) is 0 Å². The molecule has 20 heavy (non-hydrogen) atoms.